The fourth-order valence-electron chi connectivity index (χ4n) is 18.8. The van der Waals surface area contributed by atoms with Crippen molar-refractivity contribution in [2.24, 2.45) is 0 Å². The lowest BCUT2D eigenvalue weighted by Gasteiger charge is -2.51. The standard InChI is InChI=1S/C81H134N6O58/c1-19-43(104)55(116)58(119)75(127-19)125-18-36-64(51(112)38(70(122)128-36)83-21(3)97)138-72-40(85-23(5)99)53(114)62(33(15-94)133-72)139-76-59(120)66(49(110)35(136-76)17-126-78-68(56(117)46(107)29(11-90)131-78)142-73-41(86-24(6)100)52(113)61(32(14-93)134-73)137-71-39(84-22(4)98)50(111)45(106)28(10-89)129-71)141-79-69(57(118)47(108)30(12-91)132-79)143-74-42(87-25(7)101)54(115)63(34(16-95)135-74)140-77-60(121)67(48(109)31(13-92)130-77)145-81(80(123)124)8-26(102)37(82-20(2)96)65(144-81)44(105)27(103)9-88/h19,26-79,88-95,102-122H,8-18H2,1-7H3,(H,82,96)(H,83,97)(H,84,98)(H,85,99)(H,86,100)(H,87,101)(H,123,124)/t19-,26-,27+,28+,29+,30+,31+,32+,33+,34+,35+,36+,37+,38+,39+,40+,41+,42+,43+,44+,45-,46+,47+,48-,49+,50+,51+,52+,53+,54+,55+,56-,57-,58-,59-,60+,61+,62+,63+,64+,65+,66-,67-,68-,69-,70+,71-,72-,73-,74-,75+,76-,77-,78-,79+,81-/m0/s1. The predicted molar refractivity (Wildman–Crippen MR) is 448 cm³/mol. The van der Waals surface area contributed by atoms with E-state index in [9.17, 15) is 187 Å². The lowest BCUT2D eigenvalue weighted by Crippen LogP contribution is -2.71. The third-order valence-electron chi connectivity index (χ3n) is 26.3. The van der Waals surface area contributed by atoms with Crippen molar-refractivity contribution in [2.45, 2.75) is 398 Å². The molecule has 11 rings (SSSR count). The van der Waals surface area contributed by atoms with Gasteiger partial charge in [-0.2, -0.15) is 0 Å². The number of aliphatic hydroxyl groups is 29. The number of carboxylic acid groups (broad SMARTS) is 1. The molecule has 56 atom stereocenters. The summed E-state index contributed by atoms with van der Waals surface area (Å²) in [5.41, 5.74) is 0. The van der Waals surface area contributed by atoms with Crippen LogP contribution in [0.5, 0.6) is 0 Å². The number of hydrogen-bond donors (Lipinski definition) is 36. The molecular formula is C81H134N6O58. The van der Waals surface area contributed by atoms with Gasteiger partial charge in [0.15, 0.2) is 62.9 Å². The molecule has 11 heterocycles. The van der Waals surface area contributed by atoms with E-state index in [0.29, 0.717) is 0 Å². The molecule has 11 saturated heterocycles. The molecule has 0 radical (unpaired) electrons. The van der Waals surface area contributed by atoms with Gasteiger partial charge in [0.1, 0.15) is 256 Å². The number of carboxylic acids is 1. The molecule has 11 aliphatic heterocycles. The van der Waals surface area contributed by atoms with Crippen molar-refractivity contribution in [3.05, 3.63) is 0 Å². The van der Waals surface area contributed by atoms with Gasteiger partial charge in [-0.3, -0.25) is 28.8 Å². The van der Waals surface area contributed by atoms with E-state index in [-0.39, 0.29) is 0 Å². The van der Waals surface area contributed by atoms with E-state index in [1.54, 1.807) is 0 Å². The van der Waals surface area contributed by atoms with E-state index in [1.165, 1.54) is 6.92 Å². The monoisotopic (exact) mass is 2120 g/mol. The first kappa shape index (κ1) is 120. The molecule has 0 unspecified atom stereocenters. The van der Waals surface area contributed by atoms with E-state index in [4.69, 9.17) is 99.5 Å². The SMILES string of the molecule is CC(=O)N[C@@H]1[C@@H](O)[C@H](O[C@@H]2O[C@H](CO)[C@@H](O[C@@H]3O[C@H](CO[C@H]4O[C@H](CO)[C@@H](O)[C@H](O)[C@@H]4O[C@@H]4O[C@H](CO)[C@@H](O[C@@H]5O[C@H](CO)[C@H](O)[C@H](O)[C@H]5NC(C)=O)[C@H](O)[C@H]4NC(C)=O)[C@@H](O)[C@H](O[C@H]4O[C@H](CO)[C@@H](O)[C@H](O)[C@@H]4O[C@@H]4O[C@H](CO)[C@@H](O[C@@H]5O[C@H](CO)[C@H](O)[C@H](O[C@]6(C(=O)O)C[C@H](O)[C@@H](NC(C)=O)[C@H]([C@H](O)[C@H](O)CO)O6)[C@H]5O)[C@H](O)[C@H]4NC(C)=O)[C@@H]3O)[C@H](O)[C@H]2NC(C)=O)[C@@H](CO[C@@H]2O[C@@H](C)[C@@H](O)[C@@H](O)[C@@H]2O)O[C@H]1O. The van der Waals surface area contributed by atoms with Crippen LogP contribution in [0.1, 0.15) is 54.9 Å². The number of aliphatic carboxylic acids is 1. The van der Waals surface area contributed by atoms with Gasteiger partial charge in [-0.1, -0.05) is 0 Å². The molecule has 0 aromatic rings. The number of carbonyl (C=O) groups is 7. The summed E-state index contributed by atoms with van der Waals surface area (Å²) in [7, 11) is 0. The maximum atomic E-state index is 13.4. The zero-order chi connectivity index (χ0) is 107. The van der Waals surface area contributed by atoms with E-state index < -0.39 is 457 Å². The largest absolute Gasteiger partial charge is 0.477 e. The Morgan fingerprint density at radius 3 is 1.04 bits per heavy atom. The first-order valence-electron chi connectivity index (χ1n) is 46.1. The Balaban J connectivity index is 0.925. The quantitative estimate of drug-likeness (QED) is 0.0272. The second kappa shape index (κ2) is 51.8. The average molecular weight is 2120 g/mol. The van der Waals surface area contributed by atoms with Crippen LogP contribution in [-0.2, 0) is 133 Å². The molecule has 145 heavy (non-hydrogen) atoms. The van der Waals surface area contributed by atoms with Crippen LogP contribution in [0.3, 0.4) is 0 Å². The molecule has 64 nitrogen and oxygen atoms in total. The van der Waals surface area contributed by atoms with Gasteiger partial charge in [-0.05, 0) is 6.92 Å². The Labute approximate surface area is 821 Å². The zero-order valence-corrected chi connectivity index (χ0v) is 78.4. The van der Waals surface area contributed by atoms with Gasteiger partial charge < -0.3 is 285 Å². The van der Waals surface area contributed by atoms with E-state index in [1.807, 2.05) is 0 Å². The van der Waals surface area contributed by atoms with E-state index in [0.717, 1.165) is 41.5 Å². The van der Waals surface area contributed by atoms with Crippen LogP contribution in [0.4, 0.5) is 0 Å². The number of carbonyl (C=O) groups excluding carboxylic acids is 6. The summed E-state index contributed by atoms with van der Waals surface area (Å²) >= 11 is 0. The highest BCUT2D eigenvalue weighted by molar-refractivity contribution is 5.77. The molecule has 0 aromatic heterocycles. The van der Waals surface area contributed by atoms with Gasteiger partial charge in [-0.15, -0.1) is 0 Å². The van der Waals surface area contributed by atoms with Crippen molar-refractivity contribution in [1.82, 2.24) is 31.9 Å². The predicted octanol–water partition coefficient (Wildman–Crippen LogP) is -23.9. The summed E-state index contributed by atoms with van der Waals surface area (Å²) in [6.07, 6.45) is -109. The molecule has 0 aliphatic carbocycles. The molecule has 6 amide bonds. The maximum Gasteiger partial charge on any atom is 0.364 e. The van der Waals surface area contributed by atoms with Crippen molar-refractivity contribution in [3.8, 4) is 0 Å². The topological polar surface area (TPSA) is 992 Å². The van der Waals surface area contributed by atoms with Crippen LogP contribution in [0, 0.1) is 0 Å². The average Bonchev–Trinajstić information content (AvgIpc) is 0.785. The number of nitrogens with one attached hydrogen (secondary N) is 6. The Bertz CT molecular complexity index is 4150. The molecular weight excluding hydrogens is 1980 g/mol. The third-order valence-corrected chi connectivity index (χ3v) is 26.3. The highest BCUT2D eigenvalue weighted by atomic mass is 16.8. The van der Waals surface area contributed by atoms with Crippen molar-refractivity contribution in [3.63, 3.8) is 0 Å². The van der Waals surface area contributed by atoms with Crippen molar-refractivity contribution < 1.29 is 286 Å². The van der Waals surface area contributed by atoms with Crippen LogP contribution in [0.25, 0.3) is 0 Å². The number of ether oxygens (including phenoxy) is 21. The minimum atomic E-state index is -3.35. The van der Waals surface area contributed by atoms with Crippen LogP contribution < -0.4 is 31.9 Å². The minimum Gasteiger partial charge on any atom is -0.477 e. The summed E-state index contributed by atoms with van der Waals surface area (Å²) in [5, 5.41) is 354. The molecule has 0 aromatic carbocycles. The van der Waals surface area contributed by atoms with Crippen LogP contribution in [-0.4, -0.2) is 604 Å². The van der Waals surface area contributed by atoms with Gasteiger partial charge in [0.25, 0.3) is 5.79 Å². The highest BCUT2D eigenvalue weighted by Crippen LogP contribution is 2.44. The molecule has 0 saturated carbocycles. The minimum absolute atomic E-state index is 0.834. The van der Waals surface area contributed by atoms with Gasteiger partial charge in [0.05, 0.1) is 84.3 Å². The van der Waals surface area contributed by atoms with E-state index in [2.05, 4.69) is 31.9 Å². The van der Waals surface area contributed by atoms with Crippen LogP contribution in [0.15, 0.2) is 0 Å². The lowest BCUT2D eigenvalue weighted by molar-refractivity contribution is -0.401. The molecule has 11 aliphatic rings. The van der Waals surface area contributed by atoms with Gasteiger partial charge >= 0.3 is 5.97 Å². The second-order valence-corrected chi connectivity index (χ2v) is 36.7. The van der Waals surface area contributed by atoms with E-state index >= 15 is 0 Å². The highest BCUT2D eigenvalue weighted by Gasteiger charge is 2.65. The van der Waals surface area contributed by atoms with Gasteiger partial charge in [-0.25, -0.2) is 4.79 Å². The Morgan fingerprint density at radius 2 is 0.614 bits per heavy atom. The summed E-state index contributed by atoms with van der Waals surface area (Å²) in [4.78, 5) is 90.6. The lowest BCUT2D eigenvalue weighted by atomic mass is 9.88. The molecule has 11 fully saturated rings. The summed E-state index contributed by atoms with van der Waals surface area (Å²) in [6, 6.07) is -11.6. The Kier molecular flexibility index (Phi) is 42.7. The zero-order valence-electron chi connectivity index (χ0n) is 78.4. The number of hydrogen-bond acceptors (Lipinski definition) is 57. The van der Waals surface area contributed by atoms with Crippen molar-refractivity contribution >= 4 is 41.4 Å². The third kappa shape index (κ3) is 26.9. The number of amides is 6. The summed E-state index contributed by atoms with van der Waals surface area (Å²) < 4.78 is 126. The summed E-state index contributed by atoms with van der Waals surface area (Å²) in [6.45, 7) is -5.18. The molecule has 36 N–H and O–H groups in total. The molecule has 0 spiro atoms. The number of aliphatic hydroxyl groups excluding tert-OH is 29. The number of rotatable bonds is 39. The second-order valence-electron chi connectivity index (χ2n) is 36.7. The molecule has 0 bridgehead atoms. The van der Waals surface area contributed by atoms with Crippen molar-refractivity contribution in [2.75, 3.05) is 66.1 Å². The fraction of sp³-hybridized carbons (Fsp3) is 0.914. The normalized spacial score (nSPS) is 47.2. The van der Waals surface area contributed by atoms with Crippen LogP contribution in [0.2, 0.25) is 0 Å². The Hall–Kier alpha value is -5.71. The maximum absolute atomic E-state index is 13.4. The van der Waals surface area contributed by atoms with Gasteiger partial charge in [0, 0.05) is 48.0 Å². The van der Waals surface area contributed by atoms with Gasteiger partial charge in [0.2, 0.25) is 35.4 Å². The molecule has 64 heteroatoms. The first-order chi connectivity index (χ1) is 68.4. The fourth-order valence-corrected chi connectivity index (χ4v) is 18.8. The van der Waals surface area contributed by atoms with Crippen LogP contribution >= 0.6 is 0 Å². The molecule has 836 valence electrons. The first-order valence-corrected chi connectivity index (χ1v) is 46.1. The van der Waals surface area contributed by atoms with Crippen molar-refractivity contribution in [1.29, 1.82) is 0 Å². The Morgan fingerprint density at radius 1 is 0.297 bits per heavy atom. The smallest absolute Gasteiger partial charge is 0.364 e. The summed E-state index contributed by atoms with van der Waals surface area (Å²) in [5.74, 6) is -11.3.